The van der Waals surface area contributed by atoms with Crippen molar-refractivity contribution in [3.8, 4) is 0 Å². The van der Waals surface area contributed by atoms with E-state index in [4.69, 9.17) is 18.0 Å². The molecule has 0 atom stereocenters. The number of pyridine rings is 2. The van der Waals surface area contributed by atoms with Crippen molar-refractivity contribution in [3.63, 3.8) is 0 Å². The zero-order chi connectivity index (χ0) is 13.8. The Morgan fingerprint density at radius 3 is 2.47 bits per heavy atom. The lowest BCUT2D eigenvalue weighted by molar-refractivity contribution is 0.0988. The molecule has 19 heavy (non-hydrogen) atoms. The van der Waals surface area contributed by atoms with Crippen LogP contribution < -0.4 is 10.6 Å². The number of nitrogens with zero attached hydrogens (tertiary/aromatic N) is 3. The van der Waals surface area contributed by atoms with Gasteiger partial charge in [-0.3, -0.25) is 14.8 Å². The summed E-state index contributed by atoms with van der Waals surface area (Å²) >= 11 is 4.83. The van der Waals surface area contributed by atoms with E-state index in [0.717, 1.165) is 5.69 Å². The Hall–Kier alpha value is -2.34. The Labute approximate surface area is 116 Å². The van der Waals surface area contributed by atoms with E-state index in [0.29, 0.717) is 11.3 Å². The largest absolute Gasteiger partial charge is 0.389 e. The van der Waals surface area contributed by atoms with Crippen molar-refractivity contribution in [3.05, 3.63) is 54.1 Å². The molecule has 0 fully saturated rings. The minimum atomic E-state index is -0.208. The summed E-state index contributed by atoms with van der Waals surface area (Å²) in [6, 6.07) is 6.79. The van der Waals surface area contributed by atoms with Gasteiger partial charge in [-0.15, -0.1) is 0 Å². The second-order valence-corrected chi connectivity index (χ2v) is 4.31. The van der Waals surface area contributed by atoms with Crippen LogP contribution in [0.2, 0.25) is 0 Å². The maximum absolute atomic E-state index is 12.2. The molecule has 0 aliphatic heterocycles. The molecule has 0 saturated carbocycles. The zero-order valence-electron chi connectivity index (χ0n) is 10.3. The van der Waals surface area contributed by atoms with E-state index >= 15 is 0 Å². The lowest BCUT2D eigenvalue weighted by Gasteiger charge is -2.16. The van der Waals surface area contributed by atoms with Gasteiger partial charge in [0.2, 0.25) is 0 Å². The molecule has 96 valence electrons. The summed E-state index contributed by atoms with van der Waals surface area (Å²) in [6.07, 6.45) is 4.75. The summed E-state index contributed by atoms with van der Waals surface area (Å²) in [6.45, 7) is 0. The fourth-order valence-corrected chi connectivity index (χ4v) is 1.64. The molecule has 2 aromatic heterocycles. The van der Waals surface area contributed by atoms with Gasteiger partial charge in [0, 0.05) is 36.9 Å². The molecule has 0 aliphatic rings. The number of hydrogen-bond acceptors (Lipinski definition) is 4. The van der Waals surface area contributed by atoms with Crippen LogP contribution in [0.15, 0.2) is 42.9 Å². The first kappa shape index (κ1) is 13.1. The van der Waals surface area contributed by atoms with E-state index < -0.39 is 0 Å². The number of carbonyl (C=O) groups is 1. The second kappa shape index (κ2) is 5.53. The molecule has 0 aromatic carbocycles. The highest BCUT2D eigenvalue weighted by atomic mass is 32.1. The summed E-state index contributed by atoms with van der Waals surface area (Å²) in [5.41, 5.74) is 7.20. The van der Waals surface area contributed by atoms with Crippen LogP contribution in [0.4, 0.5) is 5.69 Å². The van der Waals surface area contributed by atoms with Gasteiger partial charge in [0.1, 0.15) is 10.7 Å². The van der Waals surface area contributed by atoms with Gasteiger partial charge in [-0.05, 0) is 24.3 Å². The average Bonchev–Trinajstić information content (AvgIpc) is 2.46. The number of hydrogen-bond donors (Lipinski definition) is 1. The summed E-state index contributed by atoms with van der Waals surface area (Å²) in [7, 11) is 1.68. The molecule has 0 radical (unpaired) electrons. The zero-order valence-corrected chi connectivity index (χ0v) is 11.1. The molecular weight excluding hydrogens is 260 g/mol. The number of carbonyl (C=O) groups excluding carboxylic acids is 1. The highest BCUT2D eigenvalue weighted by Gasteiger charge is 2.14. The van der Waals surface area contributed by atoms with Crippen LogP contribution >= 0.6 is 12.2 Å². The first-order valence-electron chi connectivity index (χ1n) is 5.53. The van der Waals surface area contributed by atoms with Gasteiger partial charge in [0.15, 0.2) is 0 Å². The molecule has 2 heterocycles. The highest BCUT2D eigenvalue weighted by Crippen LogP contribution is 2.13. The molecule has 2 rings (SSSR count). The minimum absolute atomic E-state index is 0.208. The van der Waals surface area contributed by atoms with Gasteiger partial charge < -0.3 is 10.6 Å². The summed E-state index contributed by atoms with van der Waals surface area (Å²) in [5, 5.41) is 0. The first-order chi connectivity index (χ1) is 9.09. The van der Waals surface area contributed by atoms with Crippen molar-refractivity contribution in [1.29, 1.82) is 0 Å². The molecule has 0 unspecified atom stereocenters. The minimum Gasteiger partial charge on any atom is -0.389 e. The van der Waals surface area contributed by atoms with Gasteiger partial charge in [-0.1, -0.05) is 12.2 Å². The van der Waals surface area contributed by atoms with E-state index in [1.165, 1.54) is 11.1 Å². The van der Waals surface area contributed by atoms with E-state index in [2.05, 4.69) is 9.97 Å². The summed E-state index contributed by atoms with van der Waals surface area (Å²) < 4.78 is 0. The van der Waals surface area contributed by atoms with Crippen molar-refractivity contribution in [2.24, 2.45) is 5.73 Å². The number of anilines is 1. The maximum atomic E-state index is 12.2. The molecule has 5 nitrogen and oxygen atoms in total. The first-order valence-corrected chi connectivity index (χ1v) is 5.94. The molecule has 0 bridgehead atoms. The Morgan fingerprint density at radius 2 is 1.95 bits per heavy atom. The van der Waals surface area contributed by atoms with Gasteiger partial charge in [-0.25, -0.2) is 0 Å². The van der Waals surface area contributed by atoms with E-state index in [1.807, 2.05) is 0 Å². The quantitative estimate of drug-likeness (QED) is 0.855. The molecule has 1 amide bonds. The number of amides is 1. The Bertz CT molecular complexity index is 598. The van der Waals surface area contributed by atoms with Crippen LogP contribution in [0.1, 0.15) is 16.1 Å². The molecular formula is C13H12N4OS. The lowest BCUT2D eigenvalue weighted by atomic mass is 10.2. The molecule has 0 spiro atoms. The average molecular weight is 272 g/mol. The Morgan fingerprint density at radius 1 is 1.26 bits per heavy atom. The Kier molecular flexibility index (Phi) is 3.82. The van der Waals surface area contributed by atoms with E-state index in [-0.39, 0.29) is 10.9 Å². The third-order valence-electron chi connectivity index (χ3n) is 2.62. The van der Waals surface area contributed by atoms with Crippen molar-refractivity contribution in [2.45, 2.75) is 0 Å². The maximum Gasteiger partial charge on any atom is 0.276 e. The van der Waals surface area contributed by atoms with Crippen LogP contribution in [0, 0.1) is 0 Å². The topological polar surface area (TPSA) is 72.1 Å². The van der Waals surface area contributed by atoms with Crippen molar-refractivity contribution < 1.29 is 4.79 Å². The standard InChI is InChI=1S/C13H12N4OS/c1-17(10-4-6-15-7-5-10)13(18)11-3-2-9(8-16-11)12(14)19/h2-8H,1H3,(H2,14,19). The van der Waals surface area contributed by atoms with Gasteiger partial charge >= 0.3 is 0 Å². The number of aromatic nitrogens is 2. The predicted molar refractivity (Wildman–Crippen MR) is 77.1 cm³/mol. The normalized spacial score (nSPS) is 9.95. The second-order valence-electron chi connectivity index (χ2n) is 3.87. The molecule has 0 saturated heterocycles. The SMILES string of the molecule is CN(C(=O)c1ccc(C(N)=S)cn1)c1ccncc1. The van der Waals surface area contributed by atoms with Gasteiger partial charge in [0.05, 0.1) is 0 Å². The van der Waals surface area contributed by atoms with Crippen LogP contribution in [-0.4, -0.2) is 27.9 Å². The van der Waals surface area contributed by atoms with Crippen LogP contribution in [0.25, 0.3) is 0 Å². The molecule has 2 N–H and O–H groups in total. The van der Waals surface area contributed by atoms with Crippen LogP contribution in [0.5, 0.6) is 0 Å². The lowest BCUT2D eigenvalue weighted by Crippen LogP contribution is -2.27. The van der Waals surface area contributed by atoms with Gasteiger partial charge in [0.25, 0.3) is 5.91 Å². The van der Waals surface area contributed by atoms with Gasteiger partial charge in [-0.2, -0.15) is 0 Å². The molecule has 6 heteroatoms. The summed E-state index contributed by atoms with van der Waals surface area (Å²) in [4.78, 5) is 21.9. The molecule has 0 aliphatic carbocycles. The van der Waals surface area contributed by atoms with Crippen molar-refractivity contribution in [2.75, 3.05) is 11.9 Å². The number of nitrogens with two attached hydrogens (primary N) is 1. The predicted octanol–water partition coefficient (Wildman–Crippen LogP) is 1.39. The third kappa shape index (κ3) is 2.92. The fraction of sp³-hybridized carbons (Fsp3) is 0.0769. The molecule has 2 aromatic rings. The van der Waals surface area contributed by atoms with Crippen molar-refractivity contribution >= 4 is 28.8 Å². The fourth-order valence-electron chi connectivity index (χ4n) is 1.52. The van der Waals surface area contributed by atoms with E-state index in [1.54, 1.807) is 43.7 Å². The van der Waals surface area contributed by atoms with Crippen LogP contribution in [-0.2, 0) is 0 Å². The van der Waals surface area contributed by atoms with Crippen LogP contribution in [0.3, 0.4) is 0 Å². The van der Waals surface area contributed by atoms with E-state index in [9.17, 15) is 4.79 Å². The number of rotatable bonds is 3. The Balaban J connectivity index is 2.22. The number of thiocarbonyl (C=S) groups is 1. The monoisotopic (exact) mass is 272 g/mol. The van der Waals surface area contributed by atoms with Crippen molar-refractivity contribution in [1.82, 2.24) is 9.97 Å². The third-order valence-corrected chi connectivity index (χ3v) is 2.86. The smallest absolute Gasteiger partial charge is 0.276 e. The summed E-state index contributed by atoms with van der Waals surface area (Å²) in [5.74, 6) is -0.208. The highest BCUT2D eigenvalue weighted by molar-refractivity contribution is 7.80.